The molecular weight excluding hydrogens is 174 g/mol. The van der Waals surface area contributed by atoms with Gasteiger partial charge in [-0.25, -0.2) is 0 Å². The molecule has 0 radical (unpaired) electrons. The van der Waals surface area contributed by atoms with Crippen molar-refractivity contribution in [2.45, 2.75) is 6.42 Å². The molecule has 0 bridgehead atoms. The van der Waals surface area contributed by atoms with Crippen molar-refractivity contribution in [1.29, 1.82) is 0 Å². The van der Waals surface area contributed by atoms with Crippen LogP contribution in [-0.4, -0.2) is 23.3 Å². The van der Waals surface area contributed by atoms with E-state index in [4.69, 9.17) is 0 Å². The van der Waals surface area contributed by atoms with Gasteiger partial charge in [0.05, 0.1) is 11.7 Å². The predicted octanol–water partition coefficient (Wildman–Crippen LogP) is 1.32. The molecule has 3 rings (SSSR count). The summed E-state index contributed by atoms with van der Waals surface area (Å²) in [6.45, 7) is 2.31. The maximum Gasteiger partial charge on any atom is 0.0682 e. The number of fused-ring (bicyclic) bond motifs is 1. The van der Waals surface area contributed by atoms with E-state index in [0.717, 1.165) is 25.4 Å². The Hall–Kier alpha value is -1.35. The van der Waals surface area contributed by atoms with Crippen LogP contribution in [0.15, 0.2) is 24.4 Å². The Balaban J connectivity index is 1.97. The van der Waals surface area contributed by atoms with Crippen LogP contribution in [0.4, 0.5) is 0 Å². The first-order valence-corrected chi connectivity index (χ1v) is 5.05. The Labute approximate surface area is 82.5 Å². The van der Waals surface area contributed by atoms with Gasteiger partial charge in [0.15, 0.2) is 0 Å². The minimum absolute atomic E-state index is 0.809. The fourth-order valence-electron chi connectivity index (χ4n) is 2.00. The highest BCUT2D eigenvalue weighted by Gasteiger charge is 2.18. The van der Waals surface area contributed by atoms with Crippen LogP contribution < -0.4 is 5.32 Å². The molecule has 3 nitrogen and oxygen atoms in total. The van der Waals surface area contributed by atoms with E-state index in [9.17, 15) is 0 Å². The lowest BCUT2D eigenvalue weighted by Crippen LogP contribution is -2.43. The van der Waals surface area contributed by atoms with Crippen molar-refractivity contribution in [2.75, 3.05) is 13.1 Å². The maximum absolute atomic E-state index is 4.07. The molecule has 0 saturated carbocycles. The highest BCUT2D eigenvalue weighted by atomic mass is 15.1. The molecule has 2 N–H and O–H groups in total. The normalized spacial score (nSPS) is 17.1. The van der Waals surface area contributed by atoms with Gasteiger partial charge in [-0.2, -0.15) is 5.10 Å². The van der Waals surface area contributed by atoms with Crippen molar-refractivity contribution in [3.05, 3.63) is 30.0 Å². The number of benzene rings is 1. The van der Waals surface area contributed by atoms with Crippen LogP contribution >= 0.6 is 0 Å². The van der Waals surface area contributed by atoms with Crippen LogP contribution in [-0.2, 0) is 6.42 Å². The van der Waals surface area contributed by atoms with Gasteiger partial charge in [-0.3, -0.25) is 5.10 Å². The molecule has 14 heavy (non-hydrogen) atoms. The molecule has 1 fully saturated rings. The SMILES string of the molecule is c1cc(CC2CNC2)c2[nH]ncc2c1. The van der Waals surface area contributed by atoms with E-state index in [1.165, 1.54) is 16.5 Å². The topological polar surface area (TPSA) is 40.7 Å². The van der Waals surface area contributed by atoms with Crippen molar-refractivity contribution < 1.29 is 0 Å². The number of para-hydroxylation sites is 1. The zero-order chi connectivity index (χ0) is 9.38. The number of aromatic nitrogens is 2. The first-order valence-electron chi connectivity index (χ1n) is 5.05. The largest absolute Gasteiger partial charge is 0.316 e. The van der Waals surface area contributed by atoms with E-state index >= 15 is 0 Å². The number of H-pyrrole nitrogens is 1. The summed E-state index contributed by atoms with van der Waals surface area (Å²) < 4.78 is 0. The molecule has 3 heteroatoms. The smallest absolute Gasteiger partial charge is 0.0682 e. The minimum atomic E-state index is 0.809. The summed E-state index contributed by atoms with van der Waals surface area (Å²) in [5.41, 5.74) is 2.60. The Kier molecular flexibility index (Phi) is 1.77. The van der Waals surface area contributed by atoms with Crippen molar-refractivity contribution >= 4 is 10.9 Å². The van der Waals surface area contributed by atoms with E-state index in [1.54, 1.807) is 0 Å². The zero-order valence-corrected chi connectivity index (χ0v) is 7.96. The fraction of sp³-hybridized carbons (Fsp3) is 0.364. The van der Waals surface area contributed by atoms with Gasteiger partial charge in [-0.05, 0) is 31.0 Å². The number of rotatable bonds is 2. The third kappa shape index (κ3) is 1.21. The summed E-state index contributed by atoms with van der Waals surface area (Å²) in [5.74, 6) is 0.809. The lowest BCUT2D eigenvalue weighted by Gasteiger charge is -2.27. The van der Waals surface area contributed by atoms with Crippen molar-refractivity contribution in [3.63, 3.8) is 0 Å². The molecule has 0 atom stereocenters. The number of aromatic amines is 1. The molecule has 1 aromatic heterocycles. The van der Waals surface area contributed by atoms with Crippen LogP contribution in [0.3, 0.4) is 0 Å². The van der Waals surface area contributed by atoms with E-state index < -0.39 is 0 Å². The van der Waals surface area contributed by atoms with Crippen LogP contribution in [0.1, 0.15) is 5.56 Å². The molecule has 0 amide bonds. The highest BCUT2D eigenvalue weighted by molar-refractivity contribution is 5.81. The maximum atomic E-state index is 4.07. The molecule has 1 aromatic carbocycles. The Morgan fingerprint density at radius 2 is 2.29 bits per heavy atom. The van der Waals surface area contributed by atoms with Gasteiger partial charge < -0.3 is 5.32 Å². The zero-order valence-electron chi connectivity index (χ0n) is 7.96. The summed E-state index contributed by atoms with van der Waals surface area (Å²) in [5, 5.41) is 11.7. The summed E-state index contributed by atoms with van der Waals surface area (Å²) in [6.07, 6.45) is 3.05. The Bertz CT molecular complexity index is 442. The third-order valence-corrected chi connectivity index (χ3v) is 2.94. The average Bonchev–Trinajstić information content (AvgIpc) is 2.59. The van der Waals surface area contributed by atoms with Gasteiger partial charge in [-0.1, -0.05) is 18.2 Å². The number of hydrogen-bond acceptors (Lipinski definition) is 2. The molecule has 2 heterocycles. The van der Waals surface area contributed by atoms with Gasteiger partial charge in [0.2, 0.25) is 0 Å². The minimum Gasteiger partial charge on any atom is -0.316 e. The Morgan fingerprint density at radius 1 is 1.36 bits per heavy atom. The molecule has 1 aliphatic heterocycles. The second-order valence-electron chi connectivity index (χ2n) is 3.98. The molecule has 2 aromatic rings. The lowest BCUT2D eigenvalue weighted by molar-refractivity contribution is 0.347. The molecule has 1 aliphatic rings. The highest BCUT2D eigenvalue weighted by Crippen LogP contribution is 2.20. The summed E-state index contributed by atoms with van der Waals surface area (Å²) in [7, 11) is 0. The summed E-state index contributed by atoms with van der Waals surface area (Å²) >= 11 is 0. The number of nitrogens with one attached hydrogen (secondary N) is 2. The van der Waals surface area contributed by atoms with Crippen LogP contribution in [0.2, 0.25) is 0 Å². The van der Waals surface area contributed by atoms with Crippen LogP contribution in [0, 0.1) is 5.92 Å². The lowest BCUT2D eigenvalue weighted by atomic mass is 9.93. The molecular formula is C11H13N3. The quantitative estimate of drug-likeness (QED) is 0.744. The number of hydrogen-bond donors (Lipinski definition) is 2. The second kappa shape index (κ2) is 3.10. The molecule has 0 unspecified atom stereocenters. The van der Waals surface area contributed by atoms with E-state index in [1.807, 2.05) is 6.20 Å². The van der Waals surface area contributed by atoms with E-state index in [0.29, 0.717) is 0 Å². The van der Waals surface area contributed by atoms with Crippen LogP contribution in [0.5, 0.6) is 0 Å². The van der Waals surface area contributed by atoms with Gasteiger partial charge in [-0.15, -0.1) is 0 Å². The van der Waals surface area contributed by atoms with Gasteiger partial charge in [0.25, 0.3) is 0 Å². The van der Waals surface area contributed by atoms with Crippen LogP contribution in [0.25, 0.3) is 10.9 Å². The second-order valence-corrected chi connectivity index (χ2v) is 3.98. The third-order valence-electron chi connectivity index (χ3n) is 2.94. The molecule has 1 saturated heterocycles. The fourth-order valence-corrected chi connectivity index (χ4v) is 2.00. The summed E-state index contributed by atoms with van der Waals surface area (Å²) in [4.78, 5) is 0. The first-order chi connectivity index (χ1) is 6.93. The average molecular weight is 187 g/mol. The molecule has 72 valence electrons. The molecule has 0 aliphatic carbocycles. The first kappa shape index (κ1) is 8.00. The van der Waals surface area contributed by atoms with Crippen molar-refractivity contribution in [3.8, 4) is 0 Å². The number of nitrogens with zero attached hydrogens (tertiary/aromatic N) is 1. The summed E-state index contributed by atoms with van der Waals surface area (Å²) in [6, 6.07) is 6.40. The van der Waals surface area contributed by atoms with E-state index in [-0.39, 0.29) is 0 Å². The standard InChI is InChI=1S/C11H13N3/c1-2-9(4-8-5-12-6-8)11-10(3-1)7-13-14-11/h1-3,7-8,12H,4-6H2,(H,13,14). The predicted molar refractivity (Wildman–Crippen MR) is 56.2 cm³/mol. The Morgan fingerprint density at radius 3 is 3.07 bits per heavy atom. The van der Waals surface area contributed by atoms with E-state index in [2.05, 4.69) is 33.7 Å². The van der Waals surface area contributed by atoms with Crippen molar-refractivity contribution in [1.82, 2.24) is 15.5 Å². The van der Waals surface area contributed by atoms with Gasteiger partial charge in [0, 0.05) is 5.39 Å². The molecule has 0 spiro atoms. The van der Waals surface area contributed by atoms with Gasteiger partial charge in [0.1, 0.15) is 0 Å². The van der Waals surface area contributed by atoms with Crippen molar-refractivity contribution in [2.24, 2.45) is 5.92 Å². The monoisotopic (exact) mass is 187 g/mol. The van der Waals surface area contributed by atoms with Gasteiger partial charge >= 0.3 is 0 Å².